The monoisotopic (exact) mass is 318 g/mol. The van der Waals surface area contributed by atoms with Crippen molar-refractivity contribution in [2.24, 2.45) is 0 Å². The molecule has 2 rings (SSSR count). The quantitative estimate of drug-likeness (QED) is 0.857. The summed E-state index contributed by atoms with van der Waals surface area (Å²) in [4.78, 5) is 27.1. The van der Waals surface area contributed by atoms with Crippen LogP contribution in [0.25, 0.3) is 0 Å². The number of carbonyl (C=O) groups is 2. The number of nitrogens with one attached hydrogen (secondary N) is 1. The van der Waals surface area contributed by atoms with Gasteiger partial charge in [0.25, 0.3) is 0 Å². The van der Waals surface area contributed by atoms with Gasteiger partial charge in [0.15, 0.2) is 5.69 Å². The first-order valence-corrected chi connectivity index (χ1v) is 7.81. The minimum absolute atomic E-state index is 0.0518. The van der Waals surface area contributed by atoms with Gasteiger partial charge < -0.3 is 10.4 Å². The molecule has 0 aliphatic carbocycles. The van der Waals surface area contributed by atoms with Gasteiger partial charge in [0.1, 0.15) is 0 Å². The molecule has 22 heavy (non-hydrogen) atoms. The lowest BCUT2D eigenvalue weighted by Crippen LogP contribution is -2.40. The maximum Gasteiger partial charge on any atom is 0.355 e. The zero-order valence-electron chi connectivity index (χ0n) is 12.5. The van der Waals surface area contributed by atoms with E-state index >= 15 is 0 Å². The van der Waals surface area contributed by atoms with E-state index in [1.54, 1.807) is 0 Å². The zero-order chi connectivity index (χ0) is 16.2. The summed E-state index contributed by atoms with van der Waals surface area (Å²) < 4.78 is 0. The molecule has 0 aliphatic rings. The van der Waals surface area contributed by atoms with Gasteiger partial charge in [-0.15, -0.1) is 11.3 Å². The van der Waals surface area contributed by atoms with Gasteiger partial charge in [0.05, 0.1) is 10.4 Å². The Labute approximate surface area is 133 Å². The fourth-order valence-corrected chi connectivity index (χ4v) is 2.79. The first kappa shape index (κ1) is 16.2. The molecule has 1 amide bonds. The largest absolute Gasteiger partial charge is 0.476 e. The molecule has 0 spiro atoms. The topological polar surface area (TPSA) is 79.3 Å². The van der Waals surface area contributed by atoms with Crippen LogP contribution < -0.4 is 5.32 Å². The second-order valence-electron chi connectivity index (χ2n) is 5.43. The third kappa shape index (κ3) is 3.71. The molecule has 0 unspecified atom stereocenters. The van der Waals surface area contributed by atoms with Gasteiger partial charge in [-0.05, 0) is 19.4 Å². The number of benzene rings is 1. The van der Waals surface area contributed by atoms with E-state index in [2.05, 4.69) is 10.3 Å². The Morgan fingerprint density at radius 1 is 1.27 bits per heavy atom. The predicted octanol–water partition coefficient (Wildman–Crippen LogP) is 2.48. The number of hydrogen-bond donors (Lipinski definition) is 2. The fourth-order valence-electron chi connectivity index (χ4n) is 2.01. The number of amides is 1. The van der Waals surface area contributed by atoms with E-state index in [0.717, 1.165) is 5.56 Å². The highest BCUT2D eigenvalue weighted by Crippen LogP contribution is 2.22. The van der Waals surface area contributed by atoms with Crippen LogP contribution in [0.3, 0.4) is 0 Å². The van der Waals surface area contributed by atoms with Gasteiger partial charge in [0, 0.05) is 18.3 Å². The van der Waals surface area contributed by atoms with Crippen LogP contribution in [0.5, 0.6) is 0 Å². The molecule has 0 radical (unpaired) electrons. The molecule has 0 fully saturated rings. The number of aromatic nitrogens is 1. The molecule has 0 saturated heterocycles. The van der Waals surface area contributed by atoms with Crippen LogP contribution in [-0.4, -0.2) is 28.5 Å². The van der Waals surface area contributed by atoms with Crippen molar-refractivity contribution in [3.63, 3.8) is 0 Å². The molecule has 2 N–H and O–H groups in total. The van der Waals surface area contributed by atoms with Crippen LogP contribution in [0.1, 0.15) is 34.9 Å². The van der Waals surface area contributed by atoms with Crippen molar-refractivity contribution < 1.29 is 14.7 Å². The molecular weight excluding hydrogens is 300 g/mol. The van der Waals surface area contributed by atoms with Crippen molar-refractivity contribution in [3.8, 4) is 0 Å². The minimum Gasteiger partial charge on any atom is -0.476 e. The van der Waals surface area contributed by atoms with E-state index in [-0.39, 0.29) is 11.6 Å². The molecule has 0 bridgehead atoms. The molecular formula is C16H18N2O3S. The van der Waals surface area contributed by atoms with E-state index in [1.165, 1.54) is 16.7 Å². The Morgan fingerprint density at radius 3 is 2.55 bits per heavy atom. The van der Waals surface area contributed by atoms with Crippen LogP contribution in [0.2, 0.25) is 0 Å². The van der Waals surface area contributed by atoms with Crippen LogP contribution in [-0.2, 0) is 16.6 Å². The van der Waals surface area contributed by atoms with Crippen molar-refractivity contribution >= 4 is 23.2 Å². The molecule has 116 valence electrons. The Morgan fingerprint density at radius 2 is 1.95 bits per heavy atom. The third-order valence-corrected chi connectivity index (χ3v) is 4.37. The highest BCUT2D eigenvalue weighted by Gasteiger charge is 2.29. The fraction of sp³-hybridized carbons (Fsp3) is 0.312. The van der Waals surface area contributed by atoms with Gasteiger partial charge in [-0.2, -0.15) is 0 Å². The van der Waals surface area contributed by atoms with E-state index < -0.39 is 11.4 Å². The highest BCUT2D eigenvalue weighted by molar-refractivity contribution is 7.09. The summed E-state index contributed by atoms with van der Waals surface area (Å²) in [7, 11) is 0. The number of thiazole rings is 1. The summed E-state index contributed by atoms with van der Waals surface area (Å²) in [6, 6.07) is 9.60. The predicted molar refractivity (Wildman–Crippen MR) is 85.3 cm³/mol. The maximum absolute atomic E-state index is 12.3. The molecule has 1 heterocycles. The molecule has 6 heteroatoms. The first-order valence-electron chi connectivity index (χ1n) is 6.93. The summed E-state index contributed by atoms with van der Waals surface area (Å²) in [5, 5.41) is 13.9. The van der Waals surface area contributed by atoms with E-state index in [4.69, 9.17) is 5.11 Å². The Balaban J connectivity index is 1.91. The number of carboxylic acid groups (broad SMARTS) is 1. The van der Waals surface area contributed by atoms with Crippen LogP contribution in [0.4, 0.5) is 0 Å². The normalized spacial score (nSPS) is 11.2. The molecule has 2 aromatic rings. The summed E-state index contributed by atoms with van der Waals surface area (Å²) in [5.41, 5.74) is 0.391. The van der Waals surface area contributed by atoms with Crippen LogP contribution >= 0.6 is 11.3 Å². The second-order valence-corrected chi connectivity index (χ2v) is 6.37. The highest BCUT2D eigenvalue weighted by atomic mass is 32.1. The summed E-state index contributed by atoms with van der Waals surface area (Å²) in [6.07, 6.45) is 0.522. The minimum atomic E-state index is -1.03. The van der Waals surface area contributed by atoms with Crippen molar-refractivity contribution in [2.45, 2.75) is 25.7 Å². The average Bonchev–Trinajstić information content (AvgIpc) is 2.97. The average molecular weight is 318 g/mol. The van der Waals surface area contributed by atoms with Gasteiger partial charge >= 0.3 is 5.97 Å². The Bertz CT molecular complexity index is 665. The molecule has 5 nitrogen and oxygen atoms in total. The molecule has 1 aromatic carbocycles. The van der Waals surface area contributed by atoms with Crippen molar-refractivity contribution in [1.82, 2.24) is 10.3 Å². The van der Waals surface area contributed by atoms with Gasteiger partial charge in [-0.1, -0.05) is 30.3 Å². The lowest BCUT2D eigenvalue weighted by Gasteiger charge is -2.24. The third-order valence-electron chi connectivity index (χ3n) is 3.46. The number of nitrogens with zero attached hydrogens (tertiary/aromatic N) is 1. The SMILES string of the molecule is CC(C)(C(=O)NCCc1nc(C(=O)O)cs1)c1ccccc1. The summed E-state index contributed by atoms with van der Waals surface area (Å²) >= 11 is 1.29. The number of carboxylic acids is 1. The van der Waals surface area contributed by atoms with Gasteiger partial charge in [0.2, 0.25) is 5.91 Å². The lowest BCUT2D eigenvalue weighted by molar-refractivity contribution is -0.125. The van der Waals surface area contributed by atoms with Gasteiger partial charge in [-0.25, -0.2) is 9.78 Å². The number of aromatic carboxylic acids is 1. The second kappa shape index (κ2) is 6.70. The molecule has 0 aliphatic heterocycles. The number of carbonyl (C=O) groups excluding carboxylic acids is 1. The van der Waals surface area contributed by atoms with Crippen molar-refractivity contribution in [1.29, 1.82) is 0 Å². The standard InChI is InChI=1S/C16H18N2O3S/c1-16(2,11-6-4-3-5-7-11)15(21)17-9-8-13-18-12(10-22-13)14(19)20/h3-7,10H,8-9H2,1-2H3,(H,17,21)(H,19,20). The van der Waals surface area contributed by atoms with Crippen LogP contribution in [0, 0.1) is 0 Å². The maximum atomic E-state index is 12.3. The molecule has 0 saturated carbocycles. The first-order chi connectivity index (χ1) is 10.4. The van der Waals surface area contributed by atoms with E-state index in [0.29, 0.717) is 18.0 Å². The Kier molecular flexibility index (Phi) is 4.92. The summed E-state index contributed by atoms with van der Waals surface area (Å²) in [6.45, 7) is 4.19. The van der Waals surface area contributed by atoms with Crippen LogP contribution in [0.15, 0.2) is 35.7 Å². The zero-order valence-corrected chi connectivity index (χ0v) is 13.3. The Hall–Kier alpha value is -2.21. The van der Waals surface area contributed by atoms with E-state index in [9.17, 15) is 9.59 Å². The van der Waals surface area contributed by atoms with Gasteiger partial charge in [-0.3, -0.25) is 4.79 Å². The lowest BCUT2D eigenvalue weighted by atomic mass is 9.84. The van der Waals surface area contributed by atoms with E-state index in [1.807, 2.05) is 44.2 Å². The molecule has 0 atom stereocenters. The number of hydrogen-bond acceptors (Lipinski definition) is 4. The van der Waals surface area contributed by atoms with Crippen molar-refractivity contribution in [2.75, 3.05) is 6.54 Å². The summed E-state index contributed by atoms with van der Waals surface area (Å²) in [5.74, 6) is -1.09. The van der Waals surface area contributed by atoms with Crippen molar-refractivity contribution in [3.05, 3.63) is 52.0 Å². The smallest absolute Gasteiger partial charge is 0.355 e. The number of rotatable bonds is 6. The molecule has 1 aromatic heterocycles.